The summed E-state index contributed by atoms with van der Waals surface area (Å²) in [5.74, 6) is 0. The number of fused-ring (bicyclic) bond motifs is 5. The Kier molecular flexibility index (Phi) is 9.20. The van der Waals surface area contributed by atoms with E-state index in [2.05, 4.69) is 264 Å². The third kappa shape index (κ3) is 6.52. The fourth-order valence-electron chi connectivity index (χ4n) is 9.74. The number of para-hydroxylation sites is 1. The summed E-state index contributed by atoms with van der Waals surface area (Å²) in [5, 5.41) is 7.48. The Hall–Kier alpha value is -8.46. The maximum atomic E-state index is 2.44. The van der Waals surface area contributed by atoms with Gasteiger partial charge < -0.3 is 9.47 Å². The maximum Gasteiger partial charge on any atom is 0.0547 e. The maximum absolute atomic E-state index is 2.44. The van der Waals surface area contributed by atoms with Crippen molar-refractivity contribution in [1.29, 1.82) is 0 Å². The van der Waals surface area contributed by atoms with Gasteiger partial charge in [0.2, 0.25) is 0 Å². The fraction of sp³-hybridized carbons (Fsp3) is 0. The molecule has 64 heavy (non-hydrogen) atoms. The summed E-state index contributed by atoms with van der Waals surface area (Å²) in [6, 6.07) is 92.6. The molecule has 300 valence electrons. The fourth-order valence-corrected chi connectivity index (χ4v) is 9.74. The van der Waals surface area contributed by atoms with Crippen molar-refractivity contribution >= 4 is 60.4 Å². The van der Waals surface area contributed by atoms with Gasteiger partial charge in [-0.15, -0.1) is 0 Å². The Labute approximate surface area is 373 Å². The van der Waals surface area contributed by atoms with Crippen LogP contribution in [-0.2, 0) is 0 Å². The zero-order valence-corrected chi connectivity index (χ0v) is 35.1. The summed E-state index contributed by atoms with van der Waals surface area (Å²) in [6.45, 7) is 0. The van der Waals surface area contributed by atoms with Gasteiger partial charge in [-0.1, -0.05) is 200 Å². The van der Waals surface area contributed by atoms with E-state index in [-0.39, 0.29) is 0 Å². The molecule has 0 unspecified atom stereocenters. The Balaban J connectivity index is 0.957. The van der Waals surface area contributed by atoms with Crippen LogP contribution in [-0.4, -0.2) is 4.57 Å². The van der Waals surface area contributed by atoms with E-state index < -0.39 is 0 Å². The van der Waals surface area contributed by atoms with Crippen molar-refractivity contribution in [2.75, 3.05) is 4.90 Å². The summed E-state index contributed by atoms with van der Waals surface area (Å²) in [5.41, 5.74) is 16.4. The summed E-state index contributed by atoms with van der Waals surface area (Å²) in [4.78, 5) is 2.38. The molecule has 11 aromatic carbocycles. The van der Waals surface area contributed by atoms with Crippen LogP contribution in [0.15, 0.2) is 255 Å². The predicted octanol–water partition coefficient (Wildman–Crippen LogP) is 17.2. The van der Waals surface area contributed by atoms with Gasteiger partial charge in [-0.3, -0.25) is 0 Å². The largest absolute Gasteiger partial charge is 0.310 e. The van der Waals surface area contributed by atoms with Crippen LogP contribution in [0.1, 0.15) is 0 Å². The number of aromatic nitrogens is 1. The molecule has 1 aromatic heterocycles. The highest BCUT2D eigenvalue weighted by atomic mass is 15.1. The van der Waals surface area contributed by atoms with Crippen molar-refractivity contribution in [2.45, 2.75) is 0 Å². The van der Waals surface area contributed by atoms with Gasteiger partial charge in [-0.2, -0.15) is 0 Å². The van der Waals surface area contributed by atoms with Gasteiger partial charge in [0.1, 0.15) is 0 Å². The third-order valence-electron chi connectivity index (χ3n) is 12.8. The second kappa shape index (κ2) is 15.8. The minimum Gasteiger partial charge on any atom is -0.310 e. The Bertz CT molecular complexity index is 3630. The molecule has 0 saturated carbocycles. The summed E-state index contributed by atoms with van der Waals surface area (Å²) in [7, 11) is 0. The first kappa shape index (κ1) is 37.3. The van der Waals surface area contributed by atoms with Crippen molar-refractivity contribution in [2.24, 2.45) is 0 Å². The first-order valence-electron chi connectivity index (χ1n) is 22.0. The van der Waals surface area contributed by atoms with E-state index in [0.29, 0.717) is 0 Å². The number of benzene rings is 11. The van der Waals surface area contributed by atoms with Gasteiger partial charge >= 0.3 is 0 Å². The zero-order valence-electron chi connectivity index (χ0n) is 35.1. The molecule has 1 heterocycles. The molecule has 0 atom stereocenters. The van der Waals surface area contributed by atoms with Crippen LogP contribution in [0, 0.1) is 0 Å². The molecular formula is C62H42N2. The highest BCUT2D eigenvalue weighted by molar-refractivity contribution is 6.16. The molecule has 2 nitrogen and oxygen atoms in total. The van der Waals surface area contributed by atoms with Gasteiger partial charge in [0.05, 0.1) is 16.7 Å². The minimum atomic E-state index is 1.09. The molecule has 0 aliphatic carbocycles. The van der Waals surface area contributed by atoms with Crippen molar-refractivity contribution < 1.29 is 0 Å². The van der Waals surface area contributed by atoms with E-state index >= 15 is 0 Å². The molecule has 0 bridgehead atoms. The number of nitrogens with zero attached hydrogens (tertiary/aromatic N) is 2. The summed E-state index contributed by atoms with van der Waals surface area (Å²) < 4.78 is 2.44. The monoisotopic (exact) mass is 814 g/mol. The van der Waals surface area contributed by atoms with Crippen LogP contribution in [0.3, 0.4) is 0 Å². The molecule has 2 heteroatoms. The van der Waals surface area contributed by atoms with E-state index in [9.17, 15) is 0 Å². The van der Waals surface area contributed by atoms with Gasteiger partial charge in [-0.25, -0.2) is 0 Å². The lowest BCUT2D eigenvalue weighted by atomic mass is 9.96. The lowest BCUT2D eigenvalue weighted by Gasteiger charge is -2.26. The molecule has 12 rings (SSSR count). The normalized spacial score (nSPS) is 11.4. The van der Waals surface area contributed by atoms with Crippen LogP contribution in [0.25, 0.3) is 93.5 Å². The molecule has 0 N–H and O–H groups in total. The highest BCUT2D eigenvalue weighted by Gasteiger charge is 2.19. The smallest absolute Gasteiger partial charge is 0.0547 e. The van der Waals surface area contributed by atoms with E-state index in [0.717, 1.165) is 22.6 Å². The second-order valence-corrected chi connectivity index (χ2v) is 16.5. The average Bonchev–Trinajstić information content (AvgIpc) is 3.71. The number of hydrogen-bond donors (Lipinski definition) is 0. The van der Waals surface area contributed by atoms with Crippen LogP contribution in [0.4, 0.5) is 17.1 Å². The summed E-state index contributed by atoms with van der Waals surface area (Å²) in [6.07, 6.45) is 0. The lowest BCUT2D eigenvalue weighted by molar-refractivity contribution is 1.20. The molecule has 0 fully saturated rings. The lowest BCUT2D eigenvalue weighted by Crippen LogP contribution is -2.10. The van der Waals surface area contributed by atoms with Crippen LogP contribution in [0.2, 0.25) is 0 Å². The van der Waals surface area contributed by atoms with Crippen molar-refractivity contribution in [3.8, 4) is 50.2 Å². The van der Waals surface area contributed by atoms with Crippen molar-refractivity contribution in [1.82, 2.24) is 4.57 Å². The van der Waals surface area contributed by atoms with E-state index in [1.54, 1.807) is 0 Å². The molecule has 0 aliphatic heterocycles. The SMILES string of the molecule is c1ccc(-c2ccc(N(c3ccc(-c4ccc(-c5cccc6ccccc56)cc4)cc3)c3cccc(-c4cccc5c4c4ccccc4n5-c4cccc5ccccc45)c3)cc2)cc1. The number of hydrogen-bond acceptors (Lipinski definition) is 1. The first-order chi connectivity index (χ1) is 31.7. The zero-order chi connectivity index (χ0) is 42.4. The molecule has 0 aliphatic rings. The van der Waals surface area contributed by atoms with Crippen LogP contribution < -0.4 is 4.90 Å². The number of rotatable bonds is 8. The van der Waals surface area contributed by atoms with Gasteiger partial charge in [0.15, 0.2) is 0 Å². The second-order valence-electron chi connectivity index (χ2n) is 16.5. The van der Waals surface area contributed by atoms with Crippen LogP contribution >= 0.6 is 0 Å². The van der Waals surface area contributed by atoms with Crippen LogP contribution in [0.5, 0.6) is 0 Å². The van der Waals surface area contributed by atoms with Crippen molar-refractivity contribution in [3.05, 3.63) is 255 Å². The topological polar surface area (TPSA) is 8.17 Å². The Morgan fingerprint density at radius 1 is 0.266 bits per heavy atom. The van der Waals surface area contributed by atoms with Gasteiger partial charge in [0.25, 0.3) is 0 Å². The molecule has 0 amide bonds. The standard InChI is InChI=1S/C62H42N2/c1-2-14-43(15-3-1)45-34-38-51(39-35-45)63(52-40-36-46(37-41-52)44-30-32-49(33-31-44)55-25-11-18-47-16-4-6-22-54(47)55)53-21-10-20-50(42-53)57-26-13-29-61-62(57)58-24-8-9-27-60(58)64(61)59-28-12-19-48-17-5-7-23-56(48)59/h1-42H. The van der Waals surface area contributed by atoms with E-state index in [1.165, 1.54) is 88.0 Å². The summed E-state index contributed by atoms with van der Waals surface area (Å²) >= 11 is 0. The van der Waals surface area contributed by atoms with E-state index in [4.69, 9.17) is 0 Å². The predicted molar refractivity (Wildman–Crippen MR) is 272 cm³/mol. The molecule has 0 spiro atoms. The molecule has 12 aromatic rings. The first-order valence-corrected chi connectivity index (χ1v) is 22.0. The Morgan fingerprint density at radius 2 is 0.734 bits per heavy atom. The van der Waals surface area contributed by atoms with Crippen molar-refractivity contribution in [3.63, 3.8) is 0 Å². The Morgan fingerprint density at radius 3 is 1.45 bits per heavy atom. The minimum absolute atomic E-state index is 1.09. The number of anilines is 3. The molecular weight excluding hydrogens is 773 g/mol. The molecule has 0 radical (unpaired) electrons. The van der Waals surface area contributed by atoms with Gasteiger partial charge in [-0.05, 0) is 115 Å². The quantitative estimate of drug-likeness (QED) is 0.148. The molecule has 0 saturated heterocycles. The van der Waals surface area contributed by atoms with E-state index in [1.807, 2.05) is 0 Å². The third-order valence-corrected chi connectivity index (χ3v) is 12.8. The highest BCUT2D eigenvalue weighted by Crippen LogP contribution is 2.43. The average molecular weight is 815 g/mol. The van der Waals surface area contributed by atoms with Gasteiger partial charge in [0, 0.05) is 33.2 Å².